The maximum Gasteiger partial charge on any atom is 0.320 e. The zero-order chi connectivity index (χ0) is 13.6. The van der Waals surface area contributed by atoms with Gasteiger partial charge in [-0.2, -0.15) is 4.74 Å². The SMILES string of the molecule is COC1=CC=CC2=[N+]([O-])c3c(O)cccc3[NH+]([O-])C12. The first-order valence-corrected chi connectivity index (χ1v) is 5.77. The molecule has 2 unspecified atom stereocenters. The van der Waals surface area contributed by atoms with Gasteiger partial charge in [0.1, 0.15) is 0 Å². The number of aromatic hydroxyl groups is 1. The highest BCUT2D eigenvalue weighted by atomic mass is 16.5. The number of hydrogen-bond donors (Lipinski definition) is 2. The van der Waals surface area contributed by atoms with E-state index in [-0.39, 0.29) is 27.9 Å². The van der Waals surface area contributed by atoms with E-state index in [0.717, 1.165) is 0 Å². The highest BCUT2D eigenvalue weighted by Crippen LogP contribution is 2.35. The molecule has 1 aromatic rings. The van der Waals surface area contributed by atoms with Gasteiger partial charge < -0.3 is 25.3 Å². The number of allylic oxidation sites excluding steroid dienone is 2. The second kappa shape index (κ2) is 4.11. The van der Waals surface area contributed by atoms with Gasteiger partial charge in [0.2, 0.25) is 11.7 Å². The van der Waals surface area contributed by atoms with Crippen LogP contribution in [0.15, 0.2) is 42.2 Å². The first-order valence-electron chi connectivity index (χ1n) is 5.77. The maximum atomic E-state index is 12.5. The summed E-state index contributed by atoms with van der Waals surface area (Å²) in [6, 6.07) is 3.73. The first-order chi connectivity index (χ1) is 9.15. The molecule has 6 nitrogen and oxygen atoms in total. The van der Waals surface area contributed by atoms with Crippen LogP contribution in [0.3, 0.4) is 0 Å². The Balaban J connectivity index is 2.26. The summed E-state index contributed by atoms with van der Waals surface area (Å²) in [4.78, 5) is 0. The van der Waals surface area contributed by atoms with E-state index in [0.29, 0.717) is 10.5 Å². The predicted molar refractivity (Wildman–Crippen MR) is 68.4 cm³/mol. The minimum absolute atomic E-state index is 0.000697. The van der Waals surface area contributed by atoms with E-state index in [9.17, 15) is 15.5 Å². The number of methoxy groups -OCH3 is 1. The quantitative estimate of drug-likeness (QED) is 0.568. The third-order valence-corrected chi connectivity index (χ3v) is 3.32. The van der Waals surface area contributed by atoms with Crippen molar-refractivity contribution in [1.29, 1.82) is 0 Å². The van der Waals surface area contributed by atoms with Crippen molar-refractivity contribution < 1.29 is 19.6 Å². The number of hydrogen-bond acceptors (Lipinski definition) is 4. The molecule has 1 aliphatic heterocycles. The molecular weight excluding hydrogens is 248 g/mol. The van der Waals surface area contributed by atoms with Crippen LogP contribution >= 0.6 is 0 Å². The van der Waals surface area contributed by atoms with E-state index in [2.05, 4.69) is 0 Å². The molecule has 0 fully saturated rings. The van der Waals surface area contributed by atoms with Crippen molar-refractivity contribution in [2.75, 3.05) is 7.11 Å². The molecule has 1 heterocycles. The predicted octanol–water partition coefficient (Wildman–Crippen LogP) is 0.471. The molecule has 2 atom stereocenters. The van der Waals surface area contributed by atoms with Gasteiger partial charge >= 0.3 is 5.69 Å². The fourth-order valence-corrected chi connectivity index (χ4v) is 2.44. The van der Waals surface area contributed by atoms with Crippen LogP contribution < -0.4 is 5.06 Å². The summed E-state index contributed by atoms with van der Waals surface area (Å²) in [5, 5.41) is 34.3. The molecule has 2 N–H and O–H groups in total. The van der Waals surface area contributed by atoms with Crippen LogP contribution in [0.25, 0.3) is 0 Å². The fraction of sp³-hybridized carbons (Fsp3) is 0.154. The Morgan fingerprint density at radius 3 is 2.95 bits per heavy atom. The summed E-state index contributed by atoms with van der Waals surface area (Å²) >= 11 is 0. The summed E-state index contributed by atoms with van der Waals surface area (Å²) in [6.07, 6.45) is 4.87. The molecule has 19 heavy (non-hydrogen) atoms. The minimum Gasteiger partial charge on any atom is -0.628 e. The van der Waals surface area contributed by atoms with Crippen LogP contribution in [0.2, 0.25) is 0 Å². The van der Waals surface area contributed by atoms with Crippen molar-refractivity contribution >= 4 is 17.1 Å². The Morgan fingerprint density at radius 1 is 1.42 bits per heavy atom. The van der Waals surface area contributed by atoms with Crippen molar-refractivity contribution in [3.63, 3.8) is 0 Å². The van der Waals surface area contributed by atoms with E-state index >= 15 is 0 Å². The zero-order valence-corrected chi connectivity index (χ0v) is 10.2. The largest absolute Gasteiger partial charge is 0.628 e. The Hall–Kier alpha value is -2.31. The van der Waals surface area contributed by atoms with E-state index in [1.54, 1.807) is 24.3 Å². The number of para-hydroxylation sites is 1. The molecule has 0 radical (unpaired) electrons. The third kappa shape index (κ3) is 1.54. The second-order valence-corrected chi connectivity index (χ2v) is 4.32. The third-order valence-electron chi connectivity index (χ3n) is 3.32. The van der Waals surface area contributed by atoms with Gasteiger partial charge in [-0.15, -0.1) is 0 Å². The molecule has 98 valence electrons. The average Bonchev–Trinajstić information content (AvgIpc) is 2.43. The van der Waals surface area contributed by atoms with Crippen molar-refractivity contribution in [3.05, 3.63) is 52.6 Å². The normalized spacial score (nSPS) is 24.6. The summed E-state index contributed by atoms with van der Waals surface area (Å²) in [6.45, 7) is 0. The molecule has 0 spiro atoms. The zero-order valence-electron chi connectivity index (χ0n) is 10.2. The molecule has 3 rings (SSSR count). The molecular formula is C13H12N2O4. The number of benzene rings is 1. The van der Waals surface area contributed by atoms with Crippen molar-refractivity contribution in [1.82, 2.24) is 0 Å². The molecule has 6 heteroatoms. The van der Waals surface area contributed by atoms with Crippen LogP contribution in [0, 0.1) is 10.4 Å². The van der Waals surface area contributed by atoms with Crippen LogP contribution in [0.4, 0.5) is 11.4 Å². The molecule has 0 saturated heterocycles. The van der Waals surface area contributed by atoms with Gasteiger partial charge in [0.15, 0.2) is 11.5 Å². The lowest BCUT2D eigenvalue weighted by molar-refractivity contribution is -0.798. The number of fused-ring (bicyclic) bond motifs is 2. The van der Waals surface area contributed by atoms with Crippen LogP contribution in [0.5, 0.6) is 5.75 Å². The molecule has 1 aromatic carbocycles. The first kappa shape index (κ1) is 11.8. The summed E-state index contributed by atoms with van der Waals surface area (Å²) in [5.74, 6) is 0.228. The van der Waals surface area contributed by atoms with Gasteiger partial charge in [0.25, 0.3) is 5.71 Å². The van der Waals surface area contributed by atoms with E-state index in [4.69, 9.17) is 4.74 Å². The lowest BCUT2D eigenvalue weighted by Crippen LogP contribution is -3.09. The Morgan fingerprint density at radius 2 is 2.21 bits per heavy atom. The van der Waals surface area contributed by atoms with Crippen LogP contribution in [-0.2, 0) is 4.74 Å². The van der Waals surface area contributed by atoms with Crippen molar-refractivity contribution in [2.45, 2.75) is 6.04 Å². The number of nitrogens with one attached hydrogen (secondary N) is 1. The van der Waals surface area contributed by atoms with E-state index < -0.39 is 6.04 Å². The molecule has 2 aliphatic rings. The molecule has 0 saturated carbocycles. The fourth-order valence-electron chi connectivity index (χ4n) is 2.44. The molecule has 0 amide bonds. The van der Waals surface area contributed by atoms with Gasteiger partial charge in [-0.05, 0) is 12.1 Å². The minimum atomic E-state index is -0.734. The second-order valence-electron chi connectivity index (χ2n) is 4.32. The number of nitrogens with zero attached hydrogens (tertiary/aromatic N) is 1. The topological polar surface area (TPSA) is 83.0 Å². The van der Waals surface area contributed by atoms with Gasteiger partial charge in [-0.3, -0.25) is 0 Å². The number of phenolic OH excluding ortho intramolecular Hbond substituents is 1. The maximum absolute atomic E-state index is 12.5. The molecule has 0 bridgehead atoms. The lowest BCUT2D eigenvalue weighted by atomic mass is 10.00. The molecule has 0 aromatic heterocycles. The van der Waals surface area contributed by atoms with Gasteiger partial charge in [0.05, 0.1) is 7.11 Å². The number of phenols is 1. The molecule has 1 aliphatic carbocycles. The van der Waals surface area contributed by atoms with Crippen molar-refractivity contribution in [2.24, 2.45) is 0 Å². The summed E-state index contributed by atoms with van der Waals surface area (Å²) in [5.41, 5.74) is 0.473. The standard InChI is InChI=1S/C13H12N2O4/c1-19-11-7-3-5-9-13(11)15(18)8-4-2-6-10(16)12(8)14(9)17/h2-7,13,15-16H,1H3. The lowest BCUT2D eigenvalue weighted by Gasteiger charge is -2.35. The highest BCUT2D eigenvalue weighted by molar-refractivity contribution is 6.00. The van der Waals surface area contributed by atoms with E-state index in [1.807, 2.05) is 0 Å². The van der Waals surface area contributed by atoms with Crippen LogP contribution in [0.1, 0.15) is 0 Å². The van der Waals surface area contributed by atoms with Gasteiger partial charge in [-0.25, -0.2) is 0 Å². The average molecular weight is 260 g/mol. The summed E-state index contributed by atoms with van der Waals surface area (Å²) in [7, 11) is 1.46. The Labute approximate surface area is 109 Å². The Kier molecular flexibility index (Phi) is 2.55. The van der Waals surface area contributed by atoms with Gasteiger partial charge in [-0.1, -0.05) is 12.1 Å². The smallest absolute Gasteiger partial charge is 0.320 e. The monoisotopic (exact) mass is 260 g/mol. The van der Waals surface area contributed by atoms with Gasteiger partial charge in [0, 0.05) is 12.1 Å². The summed E-state index contributed by atoms with van der Waals surface area (Å²) < 4.78 is 5.76. The number of hydroxylamine groups is 1. The number of ether oxygens (including phenoxy) is 1. The van der Waals surface area contributed by atoms with E-state index in [1.165, 1.54) is 19.2 Å². The number of quaternary nitrogens is 1. The Bertz CT molecular complexity index is 634. The highest BCUT2D eigenvalue weighted by Gasteiger charge is 2.43. The van der Waals surface area contributed by atoms with Crippen LogP contribution in [-0.4, -0.2) is 28.7 Å². The number of rotatable bonds is 1. The van der Waals surface area contributed by atoms with Crippen molar-refractivity contribution in [3.8, 4) is 5.75 Å².